The van der Waals surface area contributed by atoms with E-state index in [4.69, 9.17) is 0 Å². The van der Waals surface area contributed by atoms with Crippen molar-refractivity contribution in [2.45, 2.75) is 32.2 Å². The zero-order valence-electron chi connectivity index (χ0n) is 11.7. The second-order valence-electron chi connectivity index (χ2n) is 5.78. The molecule has 1 fully saturated rings. The Morgan fingerprint density at radius 1 is 1.38 bits per heavy atom. The molecule has 0 radical (unpaired) electrons. The number of methoxy groups -OCH3 is 1. The summed E-state index contributed by atoms with van der Waals surface area (Å²) >= 11 is 0. The Morgan fingerprint density at radius 3 is 2.38 bits per heavy atom. The highest BCUT2D eigenvalue weighted by Crippen LogP contribution is 2.66. The second kappa shape index (κ2) is 4.37. The third-order valence-corrected chi connectivity index (χ3v) is 5.61. The first-order valence-corrected chi connectivity index (χ1v) is 7.62. The maximum absolute atomic E-state index is 12.5. The minimum Gasteiger partial charge on any atom is -0.468 e. The highest BCUT2D eigenvalue weighted by molar-refractivity contribution is 7.87. The Balaban J connectivity index is 2.47. The molecule has 1 saturated carbocycles. The van der Waals surface area contributed by atoms with E-state index in [1.54, 1.807) is 13.8 Å². The Bertz CT molecular complexity index is 605. The van der Waals surface area contributed by atoms with E-state index in [2.05, 4.69) is 8.92 Å². The van der Waals surface area contributed by atoms with Gasteiger partial charge in [-0.15, -0.1) is 0 Å². The minimum atomic E-state index is -5.81. The summed E-state index contributed by atoms with van der Waals surface area (Å²) in [5.74, 6) is -1.50. The van der Waals surface area contributed by atoms with Gasteiger partial charge in [0, 0.05) is 0 Å². The van der Waals surface area contributed by atoms with Crippen LogP contribution in [-0.4, -0.2) is 27.0 Å². The van der Waals surface area contributed by atoms with Crippen LogP contribution in [0.25, 0.3) is 0 Å². The van der Waals surface area contributed by atoms with Crippen molar-refractivity contribution < 1.29 is 35.3 Å². The van der Waals surface area contributed by atoms with E-state index in [9.17, 15) is 26.4 Å². The number of fused-ring (bicyclic) bond motifs is 2. The van der Waals surface area contributed by atoms with E-state index in [1.165, 1.54) is 6.08 Å². The molecule has 0 amide bonds. The maximum atomic E-state index is 12.5. The van der Waals surface area contributed by atoms with E-state index >= 15 is 0 Å². The van der Waals surface area contributed by atoms with Crippen molar-refractivity contribution in [3.05, 3.63) is 11.8 Å². The maximum Gasteiger partial charge on any atom is 0.534 e. The highest BCUT2D eigenvalue weighted by Gasteiger charge is 2.68. The lowest BCUT2D eigenvalue weighted by Gasteiger charge is -2.36. The summed E-state index contributed by atoms with van der Waals surface area (Å²) < 4.78 is 68.8. The largest absolute Gasteiger partial charge is 0.534 e. The lowest BCUT2D eigenvalue weighted by Crippen LogP contribution is -2.43. The molecule has 0 aromatic carbocycles. The van der Waals surface area contributed by atoms with Crippen LogP contribution in [-0.2, 0) is 23.8 Å². The van der Waals surface area contributed by atoms with Gasteiger partial charge in [0.15, 0.2) is 0 Å². The van der Waals surface area contributed by atoms with Crippen molar-refractivity contribution in [3.63, 3.8) is 0 Å². The standard InChI is InChI=1S/C12H15F3O5S/c1-10(2)7-4-5-11(10,9(16)19-3)8(6-7)20-21(17,18)12(13,14)15/h6-7H,4-5H2,1-3H3/t7-,11-/m1/s1. The van der Waals surface area contributed by atoms with Gasteiger partial charge >= 0.3 is 21.6 Å². The third-order valence-electron chi connectivity index (χ3n) is 4.65. The van der Waals surface area contributed by atoms with Crippen molar-refractivity contribution in [2.75, 3.05) is 7.11 Å². The number of carbonyl (C=O) groups excluding carboxylic acids is 1. The number of rotatable bonds is 3. The number of alkyl halides is 3. The van der Waals surface area contributed by atoms with Crippen molar-refractivity contribution in [3.8, 4) is 0 Å². The van der Waals surface area contributed by atoms with Crippen LogP contribution in [0.15, 0.2) is 11.8 Å². The molecule has 2 rings (SSSR count). The van der Waals surface area contributed by atoms with Crippen LogP contribution in [0.5, 0.6) is 0 Å². The molecular weight excluding hydrogens is 313 g/mol. The first kappa shape index (κ1) is 16.1. The van der Waals surface area contributed by atoms with Crippen LogP contribution in [0.3, 0.4) is 0 Å². The summed E-state index contributed by atoms with van der Waals surface area (Å²) in [6.45, 7) is 3.38. The quantitative estimate of drug-likeness (QED) is 0.452. The van der Waals surface area contributed by atoms with Crippen LogP contribution < -0.4 is 0 Å². The third kappa shape index (κ3) is 1.96. The Hall–Kier alpha value is -1.25. The molecule has 21 heavy (non-hydrogen) atoms. The fourth-order valence-corrected chi connectivity index (χ4v) is 3.86. The van der Waals surface area contributed by atoms with Gasteiger partial charge in [-0.3, -0.25) is 4.79 Å². The number of carbonyl (C=O) groups is 1. The van der Waals surface area contributed by atoms with E-state index < -0.39 is 38.2 Å². The molecule has 0 heterocycles. The van der Waals surface area contributed by atoms with Crippen LogP contribution in [0, 0.1) is 16.7 Å². The Kier molecular flexibility index (Phi) is 3.36. The van der Waals surface area contributed by atoms with E-state index in [0.717, 1.165) is 7.11 Å². The van der Waals surface area contributed by atoms with Crippen LogP contribution in [0.1, 0.15) is 26.7 Å². The average Bonchev–Trinajstić information content (AvgIpc) is 2.71. The molecule has 0 aliphatic heterocycles. The topological polar surface area (TPSA) is 69.7 Å². The molecule has 9 heteroatoms. The fraction of sp³-hybridized carbons (Fsp3) is 0.750. The number of halogens is 3. The van der Waals surface area contributed by atoms with Crippen LogP contribution >= 0.6 is 0 Å². The molecule has 0 aromatic rings. The number of hydrogen-bond donors (Lipinski definition) is 0. The van der Waals surface area contributed by atoms with Crippen LogP contribution in [0.2, 0.25) is 0 Å². The average molecular weight is 328 g/mol. The summed E-state index contributed by atoms with van der Waals surface area (Å²) in [4.78, 5) is 12.1. The molecule has 5 nitrogen and oxygen atoms in total. The zero-order valence-corrected chi connectivity index (χ0v) is 12.5. The van der Waals surface area contributed by atoms with Crippen molar-refractivity contribution in [1.82, 2.24) is 0 Å². The summed E-state index contributed by atoms with van der Waals surface area (Å²) in [5, 5.41) is 0. The Morgan fingerprint density at radius 2 is 1.95 bits per heavy atom. The molecule has 0 saturated heterocycles. The van der Waals surface area contributed by atoms with Gasteiger partial charge in [-0.2, -0.15) is 21.6 Å². The zero-order chi connectivity index (χ0) is 16.3. The van der Waals surface area contributed by atoms with E-state index in [1.807, 2.05) is 0 Å². The summed E-state index contributed by atoms with van der Waals surface area (Å²) in [5.41, 5.74) is -7.81. The number of allylic oxidation sites excluding steroid dienone is 1. The van der Waals surface area contributed by atoms with Gasteiger partial charge in [0.05, 0.1) is 7.11 Å². The highest BCUT2D eigenvalue weighted by atomic mass is 32.2. The molecule has 0 spiro atoms. The smallest absolute Gasteiger partial charge is 0.468 e. The van der Waals surface area contributed by atoms with E-state index in [-0.39, 0.29) is 12.3 Å². The first-order valence-electron chi connectivity index (χ1n) is 6.21. The lowest BCUT2D eigenvalue weighted by molar-refractivity contribution is -0.157. The molecular formula is C12H15F3O5S. The normalized spacial score (nSPS) is 31.0. The van der Waals surface area contributed by atoms with Gasteiger partial charge in [-0.25, -0.2) is 0 Å². The number of ether oxygens (including phenoxy) is 1. The van der Waals surface area contributed by atoms with E-state index in [0.29, 0.717) is 6.42 Å². The lowest BCUT2D eigenvalue weighted by atomic mass is 9.68. The Labute approximate surface area is 120 Å². The van der Waals surface area contributed by atoms with Crippen LogP contribution in [0.4, 0.5) is 13.2 Å². The molecule has 2 aliphatic carbocycles. The summed E-state index contributed by atoms with van der Waals surface area (Å²) in [7, 11) is -4.70. The van der Waals surface area contributed by atoms with Gasteiger partial charge in [-0.1, -0.05) is 13.8 Å². The predicted octanol–water partition coefficient (Wildman–Crippen LogP) is 2.35. The fourth-order valence-electron chi connectivity index (χ4n) is 3.33. The van der Waals surface area contributed by atoms with Gasteiger partial charge < -0.3 is 8.92 Å². The molecule has 0 aromatic heterocycles. The molecule has 2 bridgehead atoms. The minimum absolute atomic E-state index is 0.191. The van der Waals surface area contributed by atoms with Crippen molar-refractivity contribution in [2.24, 2.45) is 16.7 Å². The summed E-state index contributed by atoms with van der Waals surface area (Å²) in [6, 6.07) is 0. The molecule has 120 valence electrons. The molecule has 0 N–H and O–H groups in total. The predicted molar refractivity (Wildman–Crippen MR) is 65.1 cm³/mol. The number of hydrogen-bond acceptors (Lipinski definition) is 5. The van der Waals surface area contributed by atoms with Crippen molar-refractivity contribution in [1.29, 1.82) is 0 Å². The molecule has 0 unspecified atom stereocenters. The van der Waals surface area contributed by atoms with Gasteiger partial charge in [0.2, 0.25) is 0 Å². The molecule has 2 atom stereocenters. The van der Waals surface area contributed by atoms with Gasteiger partial charge in [0.1, 0.15) is 11.2 Å². The van der Waals surface area contributed by atoms with Crippen molar-refractivity contribution >= 4 is 16.1 Å². The number of esters is 1. The second-order valence-corrected chi connectivity index (χ2v) is 7.32. The van der Waals surface area contributed by atoms with Gasteiger partial charge in [-0.05, 0) is 30.3 Å². The SMILES string of the molecule is COC(=O)[C@@]12CC[C@H](C=C1OS(=O)(=O)C(F)(F)F)C2(C)C. The summed E-state index contributed by atoms with van der Waals surface area (Å²) in [6.07, 6.45) is 2.04. The first-order chi connectivity index (χ1) is 9.40. The molecule has 2 aliphatic rings. The van der Waals surface area contributed by atoms with Gasteiger partial charge in [0.25, 0.3) is 0 Å². The monoisotopic (exact) mass is 328 g/mol.